The van der Waals surface area contributed by atoms with Crippen LogP contribution in [0.2, 0.25) is 0 Å². The third-order valence-corrected chi connectivity index (χ3v) is 4.43. The van der Waals surface area contributed by atoms with E-state index >= 15 is 0 Å². The number of oxazole rings is 1. The number of imidazole rings is 1. The first-order valence-corrected chi connectivity index (χ1v) is 8.76. The van der Waals surface area contributed by atoms with Crippen LogP contribution in [0.5, 0.6) is 0 Å². The Labute approximate surface area is 162 Å². The van der Waals surface area contributed by atoms with E-state index in [2.05, 4.69) is 35.6 Å². The van der Waals surface area contributed by atoms with Crippen molar-refractivity contribution in [3.8, 4) is 0 Å². The summed E-state index contributed by atoms with van der Waals surface area (Å²) >= 11 is 0. The Hall–Kier alpha value is -4.34. The largest absolute Gasteiger partial charge is 0.417 e. The molecule has 3 heterocycles. The minimum Gasteiger partial charge on any atom is -0.408 e. The molecule has 0 aliphatic heterocycles. The van der Waals surface area contributed by atoms with Gasteiger partial charge in [-0.15, -0.1) is 0 Å². The molecule has 5 rings (SSSR count). The number of H-pyrrole nitrogens is 3. The van der Waals surface area contributed by atoms with Crippen molar-refractivity contribution in [3.05, 3.63) is 69.2 Å². The number of benzene rings is 2. The highest BCUT2D eigenvalue weighted by atomic mass is 16.4. The van der Waals surface area contributed by atoms with Crippen LogP contribution in [-0.2, 0) is 0 Å². The fourth-order valence-corrected chi connectivity index (χ4v) is 3.03. The van der Waals surface area contributed by atoms with Crippen molar-refractivity contribution in [1.82, 2.24) is 24.9 Å². The van der Waals surface area contributed by atoms with Crippen LogP contribution in [0.15, 0.2) is 56.6 Å². The second-order valence-electron chi connectivity index (χ2n) is 6.54. The zero-order valence-corrected chi connectivity index (χ0v) is 15.2. The number of nitrogens with one attached hydrogen (secondary N) is 5. The minimum atomic E-state index is -0.498. The van der Waals surface area contributed by atoms with Crippen LogP contribution < -0.4 is 22.1 Å². The van der Waals surface area contributed by atoms with Gasteiger partial charge in [0, 0.05) is 23.1 Å². The van der Waals surface area contributed by atoms with E-state index in [9.17, 15) is 9.59 Å². The van der Waals surface area contributed by atoms with Crippen LogP contribution in [0.25, 0.3) is 22.1 Å². The number of nitrogens with zero attached hydrogens (tertiary/aromatic N) is 2. The molecule has 0 saturated heterocycles. The fraction of sp³-hybridized carbons (Fsp3) is 0.0526. The molecule has 0 radical (unpaired) electrons. The number of anilines is 4. The molecule has 2 aromatic carbocycles. The Bertz CT molecular complexity index is 1470. The van der Waals surface area contributed by atoms with Crippen LogP contribution in [-0.4, -0.2) is 24.9 Å². The molecular formula is C19H15N7O3. The molecule has 0 unspecified atom stereocenters. The Morgan fingerprint density at radius 1 is 0.897 bits per heavy atom. The molecule has 0 bridgehead atoms. The van der Waals surface area contributed by atoms with Crippen molar-refractivity contribution in [1.29, 1.82) is 0 Å². The standard InChI is InChI=1S/C19H15N7O3/c1-9-8-20-17(22-11-2-4-12-13(6-11)24-18(27)23-12)26-16(9)21-10-3-5-15-14(7-10)25-19(28)29-15/h2-8H,1H3,(H,25,28)(H2,23,24,27)(H2,20,21,22,26). The van der Waals surface area contributed by atoms with Crippen molar-refractivity contribution < 1.29 is 4.42 Å². The molecule has 0 aliphatic rings. The second kappa shape index (κ2) is 6.37. The van der Waals surface area contributed by atoms with Gasteiger partial charge in [-0.25, -0.2) is 14.6 Å². The van der Waals surface area contributed by atoms with Crippen LogP contribution >= 0.6 is 0 Å². The van der Waals surface area contributed by atoms with E-state index in [4.69, 9.17) is 4.42 Å². The first-order valence-electron chi connectivity index (χ1n) is 8.76. The van der Waals surface area contributed by atoms with E-state index in [1.807, 2.05) is 13.0 Å². The van der Waals surface area contributed by atoms with Crippen molar-refractivity contribution in [2.45, 2.75) is 6.92 Å². The lowest BCUT2D eigenvalue weighted by Crippen LogP contribution is -2.02. The van der Waals surface area contributed by atoms with Gasteiger partial charge >= 0.3 is 11.4 Å². The highest BCUT2D eigenvalue weighted by molar-refractivity contribution is 5.80. The summed E-state index contributed by atoms with van der Waals surface area (Å²) in [4.78, 5) is 39.6. The van der Waals surface area contributed by atoms with Gasteiger partial charge in [-0.2, -0.15) is 4.98 Å². The number of aryl methyl sites for hydroxylation is 1. The summed E-state index contributed by atoms with van der Waals surface area (Å²) in [5.74, 6) is 0.513. The molecule has 29 heavy (non-hydrogen) atoms. The maximum Gasteiger partial charge on any atom is 0.417 e. The van der Waals surface area contributed by atoms with Gasteiger partial charge in [0.05, 0.1) is 16.6 Å². The van der Waals surface area contributed by atoms with Gasteiger partial charge in [-0.05, 0) is 43.3 Å². The topological polar surface area (TPSA) is 144 Å². The summed E-state index contributed by atoms with van der Waals surface area (Å²) in [5.41, 5.74) is 4.56. The molecule has 10 heteroatoms. The third kappa shape index (κ3) is 3.23. The van der Waals surface area contributed by atoms with E-state index in [1.165, 1.54) is 0 Å². The Kier molecular flexibility index (Phi) is 3.69. The van der Waals surface area contributed by atoms with Crippen molar-refractivity contribution in [2.24, 2.45) is 0 Å². The minimum absolute atomic E-state index is 0.258. The zero-order valence-electron chi connectivity index (χ0n) is 15.2. The lowest BCUT2D eigenvalue weighted by molar-refractivity contribution is 0.555. The summed E-state index contributed by atoms with van der Waals surface area (Å²) in [6.07, 6.45) is 1.70. The maximum absolute atomic E-state index is 11.4. The maximum atomic E-state index is 11.4. The number of aromatic nitrogens is 5. The number of hydrogen-bond donors (Lipinski definition) is 5. The van der Waals surface area contributed by atoms with Gasteiger partial charge in [0.15, 0.2) is 5.58 Å². The first kappa shape index (κ1) is 16.8. The van der Waals surface area contributed by atoms with Crippen molar-refractivity contribution in [2.75, 3.05) is 10.6 Å². The molecule has 0 saturated carbocycles. The van der Waals surface area contributed by atoms with E-state index in [1.54, 1.807) is 36.5 Å². The summed E-state index contributed by atoms with van der Waals surface area (Å²) in [7, 11) is 0. The van der Waals surface area contributed by atoms with E-state index in [0.29, 0.717) is 28.4 Å². The lowest BCUT2D eigenvalue weighted by atomic mass is 10.2. The zero-order chi connectivity index (χ0) is 20.0. The number of rotatable bonds is 4. The Morgan fingerprint density at radius 2 is 1.66 bits per heavy atom. The molecule has 0 aliphatic carbocycles. The van der Waals surface area contributed by atoms with Crippen molar-refractivity contribution >= 4 is 45.3 Å². The normalized spacial score (nSPS) is 11.2. The molecule has 0 atom stereocenters. The Morgan fingerprint density at radius 3 is 2.55 bits per heavy atom. The lowest BCUT2D eigenvalue weighted by Gasteiger charge is -2.11. The molecular weight excluding hydrogens is 374 g/mol. The van der Waals surface area contributed by atoms with E-state index in [-0.39, 0.29) is 5.69 Å². The molecule has 10 nitrogen and oxygen atoms in total. The Balaban J connectivity index is 1.43. The predicted octanol–water partition coefficient (Wildman–Crippen LogP) is 2.88. The highest BCUT2D eigenvalue weighted by Gasteiger charge is 2.08. The summed E-state index contributed by atoms with van der Waals surface area (Å²) in [5, 5.41) is 6.36. The van der Waals surface area contributed by atoms with Crippen molar-refractivity contribution in [3.63, 3.8) is 0 Å². The first-order chi connectivity index (χ1) is 14.0. The van der Waals surface area contributed by atoms with Crippen LogP contribution in [0.3, 0.4) is 0 Å². The smallest absolute Gasteiger partial charge is 0.408 e. The van der Waals surface area contributed by atoms with Gasteiger partial charge in [0.25, 0.3) is 0 Å². The third-order valence-electron chi connectivity index (χ3n) is 4.43. The number of fused-ring (bicyclic) bond motifs is 2. The summed E-state index contributed by atoms with van der Waals surface area (Å²) < 4.78 is 5.02. The van der Waals surface area contributed by atoms with Crippen LogP contribution in [0.4, 0.5) is 23.1 Å². The quantitative estimate of drug-likeness (QED) is 0.318. The molecule has 0 amide bonds. The van der Waals surface area contributed by atoms with Gasteiger partial charge in [-0.3, -0.25) is 4.98 Å². The molecule has 3 aromatic heterocycles. The van der Waals surface area contributed by atoms with Gasteiger partial charge in [0.1, 0.15) is 5.82 Å². The summed E-state index contributed by atoms with van der Waals surface area (Å²) in [6, 6.07) is 10.7. The molecule has 0 fully saturated rings. The fourth-order valence-electron chi connectivity index (χ4n) is 3.03. The average Bonchev–Trinajstić information content (AvgIpc) is 3.24. The number of aromatic amines is 3. The van der Waals surface area contributed by atoms with Gasteiger partial charge in [0.2, 0.25) is 5.95 Å². The highest BCUT2D eigenvalue weighted by Crippen LogP contribution is 2.24. The van der Waals surface area contributed by atoms with Gasteiger partial charge < -0.3 is 25.0 Å². The summed E-state index contributed by atoms with van der Waals surface area (Å²) in [6.45, 7) is 1.89. The molecule has 5 N–H and O–H groups in total. The van der Waals surface area contributed by atoms with Gasteiger partial charge in [-0.1, -0.05) is 0 Å². The SMILES string of the molecule is Cc1cnc(Nc2ccc3[nH]c(=O)[nH]c3c2)nc1Nc1ccc2oc(=O)[nH]c2c1. The van der Waals surface area contributed by atoms with E-state index < -0.39 is 5.76 Å². The molecule has 5 aromatic rings. The molecule has 144 valence electrons. The van der Waals surface area contributed by atoms with Crippen LogP contribution in [0.1, 0.15) is 5.56 Å². The average molecular weight is 389 g/mol. The number of hydrogen-bond acceptors (Lipinski definition) is 7. The monoisotopic (exact) mass is 389 g/mol. The van der Waals surface area contributed by atoms with E-state index in [0.717, 1.165) is 22.5 Å². The second-order valence-corrected chi connectivity index (χ2v) is 6.54. The molecule has 0 spiro atoms. The predicted molar refractivity (Wildman–Crippen MR) is 109 cm³/mol. The van der Waals surface area contributed by atoms with Crippen LogP contribution in [0, 0.1) is 6.92 Å².